The van der Waals surface area contributed by atoms with E-state index in [9.17, 15) is 30.7 Å². The van der Waals surface area contributed by atoms with E-state index >= 15 is 0 Å². The first-order chi connectivity index (χ1) is 11.8. The summed E-state index contributed by atoms with van der Waals surface area (Å²) in [6, 6.07) is 6.57. The third-order valence-corrected chi connectivity index (χ3v) is 4.33. The molecule has 0 aliphatic heterocycles. The van der Waals surface area contributed by atoms with Gasteiger partial charge in [-0.25, -0.2) is 9.37 Å². The first-order valence-electron chi connectivity index (χ1n) is 6.43. The van der Waals surface area contributed by atoms with Crippen LogP contribution in [0.2, 0.25) is 0 Å². The van der Waals surface area contributed by atoms with Gasteiger partial charge in [-0.2, -0.15) is 31.6 Å². The Morgan fingerprint density at radius 2 is 1.58 bits per heavy atom. The van der Waals surface area contributed by atoms with Gasteiger partial charge >= 0.3 is 18.0 Å². The third kappa shape index (κ3) is 3.44. The Morgan fingerprint density at radius 3 is 2.00 bits per heavy atom. The van der Waals surface area contributed by atoms with Gasteiger partial charge in [0.25, 0.3) is 0 Å². The molecule has 0 aliphatic rings. The van der Waals surface area contributed by atoms with Crippen LogP contribution in [0.1, 0.15) is 11.3 Å². The largest absolute Gasteiger partial charge is 0.435 e. The van der Waals surface area contributed by atoms with Crippen molar-refractivity contribution >= 4 is 31.9 Å². The zero-order valence-corrected chi connectivity index (χ0v) is 15.3. The molecule has 0 saturated heterocycles. The van der Waals surface area contributed by atoms with Crippen molar-refractivity contribution in [2.45, 2.75) is 18.0 Å². The lowest BCUT2D eigenvalue weighted by Gasteiger charge is -2.32. The number of nitrogens with zero attached hydrogens (tertiary/aromatic N) is 2. The second-order valence-electron chi connectivity index (χ2n) is 4.92. The van der Waals surface area contributed by atoms with E-state index in [1.165, 1.54) is 0 Å². The second kappa shape index (κ2) is 6.81. The van der Waals surface area contributed by atoms with Crippen molar-refractivity contribution in [2.75, 3.05) is 0 Å². The number of hydrogen-bond donors (Lipinski definition) is 0. The topological polar surface area (TPSA) is 36.7 Å². The maximum absolute atomic E-state index is 14.6. The Balaban J connectivity index is 2.90. The van der Waals surface area contributed by atoms with Gasteiger partial charge in [0.15, 0.2) is 0 Å². The molecule has 137 valence electrons. The van der Waals surface area contributed by atoms with Gasteiger partial charge in [-0.3, -0.25) is 0 Å². The summed E-state index contributed by atoms with van der Waals surface area (Å²) in [6.07, 6.45) is -11.7. The number of pyridine rings is 1. The molecule has 2 aromatic rings. The molecular formula is C15H4Br2F7N2. The van der Waals surface area contributed by atoms with E-state index in [-0.39, 0.29) is 20.2 Å². The van der Waals surface area contributed by atoms with Crippen molar-refractivity contribution in [2.24, 2.45) is 0 Å². The van der Waals surface area contributed by atoms with Gasteiger partial charge in [-0.15, -0.1) is 0 Å². The highest BCUT2D eigenvalue weighted by atomic mass is 79.9. The smallest absolute Gasteiger partial charge is 0.245 e. The average molecular weight is 505 g/mol. The van der Waals surface area contributed by atoms with Crippen LogP contribution in [0, 0.1) is 17.4 Å². The molecule has 0 amide bonds. The minimum absolute atomic E-state index is 0.120. The van der Waals surface area contributed by atoms with E-state index < -0.39 is 29.1 Å². The van der Waals surface area contributed by atoms with Gasteiger partial charge in [0.05, 0.1) is 0 Å². The second-order valence-corrected chi connectivity index (χ2v) is 6.57. The number of benzene rings is 1. The fourth-order valence-corrected chi connectivity index (χ4v) is 3.50. The molecule has 11 heteroatoms. The molecule has 0 fully saturated rings. The third-order valence-electron chi connectivity index (χ3n) is 3.31. The molecular weight excluding hydrogens is 501 g/mol. The number of aromatic nitrogens is 1. The normalized spacial score (nSPS) is 12.8. The number of alkyl halides is 7. The minimum Gasteiger partial charge on any atom is -0.245 e. The fourth-order valence-electron chi connectivity index (χ4n) is 2.15. The molecule has 2 rings (SSSR count). The Kier molecular flexibility index (Phi) is 5.41. The van der Waals surface area contributed by atoms with Gasteiger partial charge in [0.2, 0.25) is 0 Å². The molecule has 0 atom stereocenters. The van der Waals surface area contributed by atoms with Crippen molar-refractivity contribution in [3.8, 4) is 17.2 Å². The Bertz CT molecular complexity index is 854. The number of rotatable bonds is 2. The molecule has 1 aromatic carbocycles. The Morgan fingerprint density at radius 1 is 1.00 bits per heavy atom. The molecule has 0 saturated carbocycles. The lowest BCUT2D eigenvalue weighted by molar-refractivity contribution is -0.348. The van der Waals surface area contributed by atoms with Gasteiger partial charge in [0, 0.05) is 37.9 Å². The summed E-state index contributed by atoms with van der Waals surface area (Å²) in [7, 11) is 0. The van der Waals surface area contributed by atoms with Crippen LogP contribution in [0.5, 0.6) is 0 Å². The molecule has 1 heterocycles. The van der Waals surface area contributed by atoms with Crippen molar-refractivity contribution in [3.63, 3.8) is 0 Å². The van der Waals surface area contributed by atoms with E-state index in [1.807, 2.05) is 0 Å². The van der Waals surface area contributed by atoms with E-state index in [0.29, 0.717) is 6.07 Å². The van der Waals surface area contributed by atoms with Gasteiger partial charge in [0.1, 0.15) is 11.8 Å². The minimum atomic E-state index is -6.28. The van der Waals surface area contributed by atoms with Crippen LogP contribution in [0.3, 0.4) is 0 Å². The highest BCUT2D eigenvalue weighted by Crippen LogP contribution is 2.56. The van der Waals surface area contributed by atoms with E-state index in [4.69, 9.17) is 5.26 Å². The van der Waals surface area contributed by atoms with E-state index in [2.05, 4.69) is 42.9 Å². The monoisotopic (exact) mass is 503 g/mol. The molecule has 0 aliphatic carbocycles. The summed E-state index contributed by atoms with van der Waals surface area (Å²) in [4.78, 5) is 3.59. The van der Waals surface area contributed by atoms with E-state index in [1.54, 1.807) is 6.07 Å². The fraction of sp³-hybridized carbons (Fsp3) is 0.200. The zero-order chi connectivity index (χ0) is 19.9. The maximum Gasteiger partial charge on any atom is 0.435 e. The summed E-state index contributed by atoms with van der Waals surface area (Å²) in [6.45, 7) is 0. The summed E-state index contributed by atoms with van der Waals surface area (Å²) in [5, 5.41) is 8.70. The lowest BCUT2D eigenvalue weighted by atomic mass is 9.87. The number of nitriles is 1. The van der Waals surface area contributed by atoms with Crippen molar-refractivity contribution in [1.29, 1.82) is 5.26 Å². The summed E-state index contributed by atoms with van der Waals surface area (Å²) in [5.74, 6) is 0. The summed E-state index contributed by atoms with van der Waals surface area (Å²) in [5.41, 5.74) is -8.43. The maximum atomic E-state index is 14.6. The quantitative estimate of drug-likeness (QED) is 0.454. The van der Waals surface area contributed by atoms with Crippen LogP contribution in [0.15, 0.2) is 33.3 Å². The van der Waals surface area contributed by atoms with E-state index in [0.717, 1.165) is 18.3 Å². The van der Waals surface area contributed by atoms with Gasteiger partial charge < -0.3 is 0 Å². The zero-order valence-electron chi connectivity index (χ0n) is 12.1. The lowest BCUT2D eigenvalue weighted by Crippen LogP contribution is -2.50. The highest BCUT2D eigenvalue weighted by Gasteiger charge is 2.74. The van der Waals surface area contributed by atoms with Crippen LogP contribution in [0.25, 0.3) is 11.1 Å². The molecule has 1 radical (unpaired) electrons. The number of halogens is 9. The van der Waals surface area contributed by atoms with Crippen LogP contribution in [-0.4, -0.2) is 17.3 Å². The van der Waals surface area contributed by atoms with Crippen LogP contribution in [0.4, 0.5) is 30.7 Å². The van der Waals surface area contributed by atoms with Crippen LogP contribution < -0.4 is 0 Å². The summed E-state index contributed by atoms with van der Waals surface area (Å²) >= 11 is 5.54. The highest BCUT2D eigenvalue weighted by molar-refractivity contribution is 9.11. The average Bonchev–Trinajstić information content (AvgIpc) is 2.51. The summed E-state index contributed by atoms with van der Waals surface area (Å²) < 4.78 is 93.0. The van der Waals surface area contributed by atoms with Crippen molar-refractivity contribution < 1.29 is 30.7 Å². The number of hydrogen-bond acceptors (Lipinski definition) is 2. The molecule has 2 nitrogen and oxygen atoms in total. The molecule has 0 spiro atoms. The first kappa shape index (κ1) is 20.6. The standard InChI is InChI=1S/C15H4Br2F7N2/c16-8-3-10(13(18,14(19,20)21)15(22,23)24)12(11(17)4-8)7-1-2-9(5-25)26-6-7/h1-3,6H. The van der Waals surface area contributed by atoms with Crippen molar-refractivity contribution in [1.82, 2.24) is 4.98 Å². The predicted octanol–water partition coefficient (Wildman–Crippen LogP) is 6.23. The molecule has 26 heavy (non-hydrogen) atoms. The SMILES string of the molecule is N#Cc1ccc(-c2c(Br)[c]c(Br)cc2C(F)(C(F)(F)F)C(F)(F)F)cn1. The Hall–Kier alpha value is -1.67. The van der Waals surface area contributed by atoms with Gasteiger partial charge in [-0.05, 0) is 34.1 Å². The van der Waals surface area contributed by atoms with Gasteiger partial charge in [-0.1, -0.05) is 15.9 Å². The molecule has 0 N–H and O–H groups in total. The van der Waals surface area contributed by atoms with Crippen LogP contribution >= 0.6 is 31.9 Å². The Labute approximate surface area is 158 Å². The predicted molar refractivity (Wildman–Crippen MR) is 83.5 cm³/mol. The molecule has 0 bridgehead atoms. The molecule has 1 aromatic heterocycles. The first-order valence-corrected chi connectivity index (χ1v) is 8.02. The van der Waals surface area contributed by atoms with Crippen molar-refractivity contribution in [3.05, 3.63) is 50.7 Å². The van der Waals surface area contributed by atoms with Crippen LogP contribution in [-0.2, 0) is 5.67 Å². The molecule has 0 unspecified atom stereocenters.